The Hall–Kier alpha value is -1.41. The van der Waals surface area contributed by atoms with Gasteiger partial charge in [-0.2, -0.15) is 0 Å². The van der Waals surface area contributed by atoms with Crippen LogP contribution < -0.4 is 0 Å². The maximum atomic E-state index is 10.9. The van der Waals surface area contributed by atoms with Crippen molar-refractivity contribution in [3.63, 3.8) is 0 Å². The van der Waals surface area contributed by atoms with Gasteiger partial charge in [-0.05, 0) is 0 Å². The largest absolute Gasteiger partial charge is 0.732 e. The average Bonchev–Trinajstić information content (AvgIpc) is 1.98. The predicted molar refractivity (Wildman–Crippen MR) is 52.9 cm³/mol. The predicted octanol–water partition coefficient (Wildman–Crippen LogP) is -0.200. The Morgan fingerprint density at radius 1 is 0.875 bits per heavy atom. The fourth-order valence-corrected chi connectivity index (χ4v) is 2.95. The number of hydrogen-bond acceptors (Lipinski definition) is 7. The van der Waals surface area contributed by atoms with E-state index in [4.69, 9.17) is 18.0 Å². The molecule has 0 radical (unpaired) electrons. The molecule has 0 N–H and O–H groups in total. The van der Waals surface area contributed by atoms with Gasteiger partial charge in [-0.15, -0.1) is 0 Å². The van der Waals surface area contributed by atoms with Crippen LogP contribution in [-0.2, 0) is 32.4 Å². The maximum Gasteiger partial charge on any atom is 0.732 e. The van der Waals surface area contributed by atoms with Crippen LogP contribution in [0.3, 0.4) is 0 Å². The molecule has 0 unspecified atom stereocenters. The lowest BCUT2D eigenvalue weighted by atomic mass is 10.9. The summed E-state index contributed by atoms with van der Waals surface area (Å²) in [5.41, 5.74) is 0. The second-order valence-corrected chi connectivity index (χ2v) is 5.16. The third-order valence-electron chi connectivity index (χ3n) is 1.22. The second-order valence-electron chi connectivity index (χ2n) is 2.90. The Labute approximate surface area is 94.0 Å². The van der Waals surface area contributed by atoms with E-state index in [-0.39, 0.29) is 6.23 Å². The normalized spacial score (nSPS) is 10.5. The third kappa shape index (κ3) is 5.46. The molecule has 0 aliphatic carbocycles. The Morgan fingerprint density at radius 2 is 1.19 bits per heavy atom. The van der Waals surface area contributed by atoms with Gasteiger partial charge in [-0.3, -0.25) is 14.4 Å². The molecule has 0 fully saturated rings. The number of methoxy groups -OCH3 is 1. The van der Waals surface area contributed by atoms with Crippen molar-refractivity contribution in [2.75, 3.05) is 13.3 Å². The van der Waals surface area contributed by atoms with Crippen molar-refractivity contribution >= 4 is 26.7 Å². The summed E-state index contributed by atoms with van der Waals surface area (Å²) < 4.78 is 19.1. The minimum atomic E-state index is -3.76. The van der Waals surface area contributed by atoms with Crippen molar-refractivity contribution in [3.8, 4) is 0 Å². The summed E-state index contributed by atoms with van der Waals surface area (Å²) in [6.45, 7) is 3.35. The van der Waals surface area contributed by atoms with E-state index in [0.29, 0.717) is 0 Å². The van der Waals surface area contributed by atoms with E-state index >= 15 is 0 Å². The van der Waals surface area contributed by atoms with Crippen molar-refractivity contribution in [2.45, 2.75) is 20.8 Å². The SMILES string of the molecule is COC[Si](OC(C)=O)(OC(C)=O)OC(C)=O. The number of carbonyl (C=O) groups is 3. The first-order valence-electron chi connectivity index (χ1n) is 4.39. The van der Waals surface area contributed by atoms with Crippen LogP contribution in [-0.4, -0.2) is 40.1 Å². The topological polar surface area (TPSA) is 88.1 Å². The molecule has 0 aliphatic heterocycles. The van der Waals surface area contributed by atoms with E-state index in [1.54, 1.807) is 0 Å². The van der Waals surface area contributed by atoms with Crippen molar-refractivity contribution in [1.82, 2.24) is 0 Å². The molecular weight excluding hydrogens is 236 g/mol. The fourth-order valence-electron chi connectivity index (χ4n) is 0.985. The second kappa shape index (κ2) is 6.23. The first kappa shape index (κ1) is 14.6. The van der Waals surface area contributed by atoms with Gasteiger partial charge in [-0.1, -0.05) is 0 Å². The van der Waals surface area contributed by atoms with Gasteiger partial charge in [-0.25, -0.2) is 0 Å². The highest BCUT2D eigenvalue weighted by molar-refractivity contribution is 6.65. The molecule has 92 valence electrons. The molecule has 7 nitrogen and oxygen atoms in total. The highest BCUT2D eigenvalue weighted by atomic mass is 28.4. The van der Waals surface area contributed by atoms with E-state index < -0.39 is 26.7 Å². The molecule has 0 aromatic heterocycles. The van der Waals surface area contributed by atoms with Crippen LogP contribution in [0.2, 0.25) is 0 Å². The lowest BCUT2D eigenvalue weighted by molar-refractivity contribution is -0.149. The summed E-state index contributed by atoms with van der Waals surface area (Å²) in [5, 5.41) is 0. The molecule has 0 aliphatic rings. The average molecular weight is 250 g/mol. The molecule has 0 spiro atoms. The van der Waals surface area contributed by atoms with Gasteiger partial charge in [0.2, 0.25) is 0 Å². The van der Waals surface area contributed by atoms with Crippen LogP contribution in [0.25, 0.3) is 0 Å². The van der Waals surface area contributed by atoms with Crippen LogP contribution in [0.5, 0.6) is 0 Å². The smallest absolute Gasteiger partial charge is 0.454 e. The monoisotopic (exact) mass is 250 g/mol. The lowest BCUT2D eigenvalue weighted by Gasteiger charge is -2.25. The van der Waals surface area contributed by atoms with E-state index in [0.717, 1.165) is 20.8 Å². The number of hydrogen-bond donors (Lipinski definition) is 0. The lowest BCUT2D eigenvalue weighted by Crippen LogP contribution is -2.53. The molecular formula is C8H14O7Si. The molecule has 0 amide bonds. The molecule has 16 heavy (non-hydrogen) atoms. The molecule has 0 heterocycles. The van der Waals surface area contributed by atoms with Gasteiger partial charge >= 0.3 is 8.80 Å². The minimum absolute atomic E-state index is 0.272. The summed E-state index contributed by atoms with van der Waals surface area (Å²) in [5.74, 6) is -2.15. The zero-order valence-corrected chi connectivity index (χ0v) is 10.6. The molecule has 0 aromatic carbocycles. The Kier molecular flexibility index (Phi) is 5.68. The fraction of sp³-hybridized carbons (Fsp3) is 0.625. The van der Waals surface area contributed by atoms with Gasteiger partial charge in [0.05, 0.1) is 0 Å². The highest BCUT2D eigenvalue weighted by Crippen LogP contribution is 2.11. The number of carbonyl (C=O) groups excluding carboxylic acids is 3. The summed E-state index contributed by atoms with van der Waals surface area (Å²) in [6.07, 6.45) is -0.272. The summed E-state index contributed by atoms with van der Waals surface area (Å²) in [4.78, 5) is 32.6. The minimum Gasteiger partial charge on any atom is -0.454 e. The zero-order chi connectivity index (χ0) is 12.8. The summed E-state index contributed by atoms with van der Waals surface area (Å²) in [7, 11) is -2.45. The van der Waals surface area contributed by atoms with Gasteiger partial charge in [0.25, 0.3) is 17.9 Å². The first-order chi connectivity index (χ1) is 7.31. The van der Waals surface area contributed by atoms with E-state index in [2.05, 4.69) is 0 Å². The molecule has 0 bridgehead atoms. The van der Waals surface area contributed by atoms with E-state index in [1.807, 2.05) is 0 Å². The van der Waals surface area contributed by atoms with Crippen LogP contribution in [0.1, 0.15) is 20.8 Å². The quantitative estimate of drug-likeness (QED) is 0.624. The van der Waals surface area contributed by atoms with Crippen molar-refractivity contribution < 1.29 is 32.4 Å². The van der Waals surface area contributed by atoms with Gasteiger partial charge < -0.3 is 18.0 Å². The Bertz CT molecular complexity index is 247. The van der Waals surface area contributed by atoms with E-state index in [9.17, 15) is 14.4 Å². The number of rotatable bonds is 5. The summed E-state index contributed by atoms with van der Waals surface area (Å²) >= 11 is 0. The molecule has 0 saturated heterocycles. The summed E-state index contributed by atoms with van der Waals surface area (Å²) in [6, 6.07) is 0. The van der Waals surface area contributed by atoms with Crippen molar-refractivity contribution in [1.29, 1.82) is 0 Å². The Morgan fingerprint density at radius 3 is 1.38 bits per heavy atom. The van der Waals surface area contributed by atoms with Gasteiger partial charge in [0.15, 0.2) is 6.23 Å². The zero-order valence-electron chi connectivity index (χ0n) is 9.56. The molecule has 0 aromatic rings. The standard InChI is InChI=1S/C8H14O7Si/c1-6(9)13-16(5-12-4,14-7(2)10)15-8(3)11/h5H2,1-4H3. The van der Waals surface area contributed by atoms with Crippen LogP contribution in [0.4, 0.5) is 0 Å². The van der Waals surface area contributed by atoms with Crippen LogP contribution >= 0.6 is 0 Å². The van der Waals surface area contributed by atoms with Crippen LogP contribution in [0, 0.1) is 0 Å². The van der Waals surface area contributed by atoms with Crippen molar-refractivity contribution in [2.24, 2.45) is 0 Å². The third-order valence-corrected chi connectivity index (χ3v) is 3.66. The van der Waals surface area contributed by atoms with Crippen LogP contribution in [0.15, 0.2) is 0 Å². The number of ether oxygens (including phenoxy) is 1. The van der Waals surface area contributed by atoms with E-state index in [1.165, 1.54) is 7.11 Å². The maximum absolute atomic E-state index is 10.9. The Balaban J connectivity index is 4.93. The highest BCUT2D eigenvalue weighted by Gasteiger charge is 2.52. The molecule has 0 saturated carbocycles. The van der Waals surface area contributed by atoms with Gasteiger partial charge in [0.1, 0.15) is 0 Å². The molecule has 0 atom stereocenters. The molecule has 0 rings (SSSR count). The van der Waals surface area contributed by atoms with Gasteiger partial charge in [0, 0.05) is 27.9 Å². The van der Waals surface area contributed by atoms with Crippen molar-refractivity contribution in [3.05, 3.63) is 0 Å². The first-order valence-corrected chi connectivity index (χ1v) is 6.32. The molecule has 8 heteroatoms.